The zero-order chi connectivity index (χ0) is 35.3. The van der Waals surface area contributed by atoms with Crippen LogP contribution in [-0.4, -0.2) is 0 Å². The third-order valence-electron chi connectivity index (χ3n) is 11.9. The summed E-state index contributed by atoms with van der Waals surface area (Å²) >= 11 is 0. The Balaban J connectivity index is 1.10. The summed E-state index contributed by atoms with van der Waals surface area (Å²) in [7, 11) is 0. The summed E-state index contributed by atoms with van der Waals surface area (Å²) in [5.41, 5.74) is 9.92. The van der Waals surface area contributed by atoms with Gasteiger partial charge in [-0.2, -0.15) is 0 Å². The SMILES string of the molecule is c1ccc(-c2cc(-c3cc(-c4ccc5ccc6cccc7ccc4c5c67)c4ccccc4c3)ccc2-c2ccc3ccc4cccc5ccc2c3c45)cc1. The lowest BCUT2D eigenvalue weighted by Crippen LogP contribution is -1.92. The normalized spacial score (nSPS) is 12.1. The van der Waals surface area contributed by atoms with Gasteiger partial charge in [0.05, 0.1) is 0 Å². The maximum atomic E-state index is 2.43. The molecular formula is C54H32. The van der Waals surface area contributed by atoms with E-state index in [9.17, 15) is 0 Å². The van der Waals surface area contributed by atoms with Crippen molar-refractivity contribution in [3.05, 3.63) is 194 Å². The van der Waals surface area contributed by atoms with E-state index in [1.165, 1.54) is 120 Å². The van der Waals surface area contributed by atoms with Crippen LogP contribution in [0.15, 0.2) is 194 Å². The van der Waals surface area contributed by atoms with Crippen LogP contribution in [0.1, 0.15) is 0 Å². The number of hydrogen-bond acceptors (Lipinski definition) is 0. The van der Waals surface area contributed by atoms with E-state index in [-0.39, 0.29) is 0 Å². The second-order valence-electron chi connectivity index (χ2n) is 14.8. The Bertz CT molecular complexity index is 3390. The predicted molar refractivity (Wildman–Crippen MR) is 233 cm³/mol. The summed E-state index contributed by atoms with van der Waals surface area (Å²) in [5.74, 6) is 0. The van der Waals surface area contributed by atoms with Crippen LogP contribution in [0, 0.1) is 0 Å². The van der Waals surface area contributed by atoms with Gasteiger partial charge >= 0.3 is 0 Å². The van der Waals surface area contributed by atoms with Crippen molar-refractivity contribution in [1.29, 1.82) is 0 Å². The molecule has 0 heteroatoms. The smallest absolute Gasteiger partial charge is 0.00206 e. The molecule has 0 saturated carbocycles. The Labute approximate surface area is 312 Å². The first-order valence-electron chi connectivity index (χ1n) is 18.8. The molecule has 0 spiro atoms. The zero-order valence-electron chi connectivity index (χ0n) is 29.5. The maximum Gasteiger partial charge on any atom is -0.00206 e. The minimum absolute atomic E-state index is 1.21. The predicted octanol–water partition coefficient (Wildman–Crippen LogP) is 15.3. The molecule has 12 aromatic carbocycles. The highest BCUT2D eigenvalue weighted by atomic mass is 14.2. The van der Waals surface area contributed by atoms with Crippen molar-refractivity contribution in [2.45, 2.75) is 0 Å². The van der Waals surface area contributed by atoms with Gasteiger partial charge in [-0.1, -0.05) is 176 Å². The average Bonchev–Trinajstić information content (AvgIpc) is 3.24. The fourth-order valence-electron chi connectivity index (χ4n) is 9.46. The largest absolute Gasteiger partial charge is 0.0622 e. The number of hydrogen-bond donors (Lipinski definition) is 0. The first-order valence-corrected chi connectivity index (χ1v) is 18.8. The van der Waals surface area contributed by atoms with Gasteiger partial charge in [0.1, 0.15) is 0 Å². The van der Waals surface area contributed by atoms with Gasteiger partial charge in [-0.05, 0) is 138 Å². The lowest BCUT2D eigenvalue weighted by atomic mass is 9.85. The van der Waals surface area contributed by atoms with Gasteiger partial charge in [-0.15, -0.1) is 0 Å². The van der Waals surface area contributed by atoms with Crippen LogP contribution in [0.5, 0.6) is 0 Å². The molecule has 0 saturated heterocycles. The first kappa shape index (κ1) is 29.5. The lowest BCUT2D eigenvalue weighted by molar-refractivity contribution is 1.58. The minimum Gasteiger partial charge on any atom is -0.0622 e. The molecule has 12 aromatic rings. The molecule has 0 aliphatic heterocycles. The van der Waals surface area contributed by atoms with E-state index < -0.39 is 0 Å². The molecule has 0 amide bonds. The Morgan fingerprint density at radius 2 is 0.648 bits per heavy atom. The third-order valence-corrected chi connectivity index (χ3v) is 11.9. The highest BCUT2D eigenvalue weighted by molar-refractivity contribution is 6.27. The monoisotopic (exact) mass is 680 g/mol. The number of fused-ring (bicyclic) bond motifs is 1. The van der Waals surface area contributed by atoms with E-state index >= 15 is 0 Å². The van der Waals surface area contributed by atoms with Crippen LogP contribution < -0.4 is 0 Å². The quantitative estimate of drug-likeness (QED) is 0.162. The van der Waals surface area contributed by atoms with Gasteiger partial charge < -0.3 is 0 Å². The fraction of sp³-hybridized carbons (Fsp3) is 0. The van der Waals surface area contributed by atoms with Crippen molar-refractivity contribution in [2.24, 2.45) is 0 Å². The number of benzene rings is 12. The van der Waals surface area contributed by atoms with E-state index in [1.807, 2.05) is 0 Å². The van der Waals surface area contributed by atoms with E-state index in [0.717, 1.165) is 0 Å². The Kier molecular flexibility index (Phi) is 6.15. The van der Waals surface area contributed by atoms with E-state index in [2.05, 4.69) is 194 Å². The molecule has 12 rings (SSSR count). The topological polar surface area (TPSA) is 0 Å². The Hall–Kier alpha value is -7.02. The van der Waals surface area contributed by atoms with Crippen molar-refractivity contribution in [2.75, 3.05) is 0 Å². The second-order valence-corrected chi connectivity index (χ2v) is 14.8. The molecule has 54 heavy (non-hydrogen) atoms. The Morgan fingerprint density at radius 3 is 1.28 bits per heavy atom. The molecule has 0 N–H and O–H groups in total. The molecule has 0 atom stereocenters. The van der Waals surface area contributed by atoms with Gasteiger partial charge in [0.25, 0.3) is 0 Å². The van der Waals surface area contributed by atoms with Gasteiger partial charge in [-0.25, -0.2) is 0 Å². The molecule has 0 aliphatic carbocycles. The molecule has 0 nitrogen and oxygen atoms in total. The molecule has 0 fully saturated rings. The van der Waals surface area contributed by atoms with Crippen LogP contribution in [-0.2, 0) is 0 Å². The van der Waals surface area contributed by atoms with Crippen molar-refractivity contribution >= 4 is 75.4 Å². The fourth-order valence-corrected chi connectivity index (χ4v) is 9.46. The van der Waals surface area contributed by atoms with Crippen molar-refractivity contribution in [3.8, 4) is 44.5 Å². The number of rotatable bonds is 4. The zero-order valence-corrected chi connectivity index (χ0v) is 29.5. The van der Waals surface area contributed by atoms with E-state index in [0.29, 0.717) is 0 Å². The van der Waals surface area contributed by atoms with Crippen LogP contribution in [0.2, 0.25) is 0 Å². The van der Waals surface area contributed by atoms with E-state index in [4.69, 9.17) is 0 Å². The molecule has 0 bridgehead atoms. The molecule has 0 aliphatic rings. The minimum atomic E-state index is 1.21. The summed E-state index contributed by atoms with van der Waals surface area (Å²) in [6.07, 6.45) is 0. The van der Waals surface area contributed by atoms with Crippen molar-refractivity contribution < 1.29 is 0 Å². The van der Waals surface area contributed by atoms with Gasteiger partial charge in [0, 0.05) is 0 Å². The van der Waals surface area contributed by atoms with Crippen LogP contribution in [0.4, 0.5) is 0 Å². The lowest BCUT2D eigenvalue weighted by Gasteiger charge is -2.19. The third kappa shape index (κ3) is 4.26. The van der Waals surface area contributed by atoms with Crippen molar-refractivity contribution in [1.82, 2.24) is 0 Å². The van der Waals surface area contributed by atoms with E-state index in [1.54, 1.807) is 0 Å². The summed E-state index contributed by atoms with van der Waals surface area (Å²) in [6.45, 7) is 0. The summed E-state index contributed by atoms with van der Waals surface area (Å²) in [5, 5.41) is 18.2. The summed E-state index contributed by atoms with van der Waals surface area (Å²) in [4.78, 5) is 0. The molecule has 0 unspecified atom stereocenters. The molecule has 0 aromatic heterocycles. The van der Waals surface area contributed by atoms with Gasteiger partial charge in [-0.3, -0.25) is 0 Å². The summed E-state index contributed by atoms with van der Waals surface area (Å²) in [6, 6.07) is 72.5. The van der Waals surface area contributed by atoms with Crippen LogP contribution >= 0.6 is 0 Å². The van der Waals surface area contributed by atoms with Crippen LogP contribution in [0.25, 0.3) is 120 Å². The second kappa shape index (κ2) is 11.2. The maximum absolute atomic E-state index is 2.43. The first-order chi connectivity index (χ1) is 26.8. The van der Waals surface area contributed by atoms with Crippen LogP contribution in [0.3, 0.4) is 0 Å². The molecular weight excluding hydrogens is 649 g/mol. The molecule has 0 heterocycles. The summed E-state index contributed by atoms with van der Waals surface area (Å²) < 4.78 is 0. The molecule has 0 radical (unpaired) electrons. The van der Waals surface area contributed by atoms with Gasteiger partial charge in [0.2, 0.25) is 0 Å². The average molecular weight is 681 g/mol. The highest BCUT2D eigenvalue weighted by Gasteiger charge is 2.18. The Morgan fingerprint density at radius 1 is 0.185 bits per heavy atom. The van der Waals surface area contributed by atoms with Crippen molar-refractivity contribution in [3.63, 3.8) is 0 Å². The standard InChI is InChI=1S/C54H32/c1-2-8-33(9-3-1)49-31-40(24-27-45(49)44-25-20-38-18-16-34-11-6-13-36-22-28-47(44)53(38)51(34)36)42-30-41-10-4-5-15-43(41)50(32-42)46-26-21-39-19-17-35-12-7-14-37-23-29-48(46)54(39)52(35)37/h1-32H. The molecule has 248 valence electrons. The highest BCUT2D eigenvalue weighted by Crippen LogP contribution is 2.45. The van der Waals surface area contributed by atoms with Gasteiger partial charge in [0.15, 0.2) is 0 Å².